The first-order chi connectivity index (χ1) is 18.7. The number of carbonyl (C=O) groups is 2. The zero-order chi connectivity index (χ0) is 27.6. The van der Waals surface area contributed by atoms with Gasteiger partial charge in [-0.1, -0.05) is 63.7 Å². The Labute approximate surface area is 229 Å². The third-order valence-electron chi connectivity index (χ3n) is 7.61. The predicted molar refractivity (Wildman–Crippen MR) is 154 cm³/mol. The number of nitrogens with zero attached hydrogens (tertiary/aromatic N) is 3. The Bertz CT molecular complexity index is 1490. The summed E-state index contributed by atoms with van der Waals surface area (Å²) in [6.45, 7) is 12.0. The molecule has 1 aliphatic heterocycles. The molecular formula is C32H35N5O2. The fourth-order valence-corrected chi connectivity index (χ4v) is 5.25. The highest BCUT2D eigenvalue weighted by Crippen LogP contribution is 2.37. The zero-order valence-corrected chi connectivity index (χ0v) is 22.8. The second-order valence-electron chi connectivity index (χ2n) is 11.2. The number of nitrogens with one attached hydrogen (secondary N) is 2. The Morgan fingerprint density at radius 1 is 1.05 bits per heavy atom. The molecule has 0 atom stereocenters. The monoisotopic (exact) mass is 521 g/mol. The molecule has 0 bridgehead atoms. The third kappa shape index (κ3) is 5.62. The van der Waals surface area contributed by atoms with Crippen LogP contribution < -0.4 is 5.32 Å². The van der Waals surface area contributed by atoms with E-state index in [0.29, 0.717) is 31.1 Å². The second kappa shape index (κ2) is 10.8. The molecule has 1 saturated heterocycles. The van der Waals surface area contributed by atoms with Gasteiger partial charge in [-0.3, -0.25) is 9.59 Å². The number of piperidine rings is 1. The molecule has 4 aromatic rings. The van der Waals surface area contributed by atoms with Gasteiger partial charge in [0.25, 0.3) is 5.91 Å². The summed E-state index contributed by atoms with van der Waals surface area (Å²) in [6, 6.07) is 15.9. The molecular weight excluding hydrogens is 486 g/mol. The van der Waals surface area contributed by atoms with E-state index in [9.17, 15) is 9.59 Å². The number of likely N-dealkylation sites (tertiary alicyclic amines) is 1. The van der Waals surface area contributed by atoms with Gasteiger partial charge in [0.05, 0.1) is 5.69 Å². The van der Waals surface area contributed by atoms with E-state index in [4.69, 9.17) is 0 Å². The molecule has 2 amide bonds. The van der Waals surface area contributed by atoms with Crippen molar-refractivity contribution in [1.82, 2.24) is 25.2 Å². The Morgan fingerprint density at radius 2 is 1.74 bits per heavy atom. The SMILES string of the molecule is C=CC(=O)N1CCC(c2c[nH]c3ncnc(-c4ccc(CNC(=O)c5ccc(C(C)(C)C)cc5)cc4)c23)CC1. The average Bonchev–Trinajstić information content (AvgIpc) is 3.40. The smallest absolute Gasteiger partial charge is 0.251 e. The summed E-state index contributed by atoms with van der Waals surface area (Å²) in [5.74, 6) is 0.227. The lowest BCUT2D eigenvalue weighted by Gasteiger charge is -2.31. The van der Waals surface area contributed by atoms with Crippen molar-refractivity contribution in [2.45, 2.75) is 51.5 Å². The van der Waals surface area contributed by atoms with Gasteiger partial charge in [0.15, 0.2) is 0 Å². The molecule has 2 aromatic carbocycles. The molecule has 5 rings (SSSR count). The Balaban J connectivity index is 1.29. The summed E-state index contributed by atoms with van der Waals surface area (Å²) in [4.78, 5) is 39.0. The van der Waals surface area contributed by atoms with Crippen molar-refractivity contribution in [2.24, 2.45) is 0 Å². The molecule has 0 radical (unpaired) electrons. The van der Waals surface area contributed by atoms with Crippen molar-refractivity contribution in [2.75, 3.05) is 13.1 Å². The second-order valence-corrected chi connectivity index (χ2v) is 11.2. The summed E-state index contributed by atoms with van der Waals surface area (Å²) in [7, 11) is 0. The lowest BCUT2D eigenvalue weighted by Crippen LogP contribution is -2.36. The van der Waals surface area contributed by atoms with E-state index >= 15 is 0 Å². The van der Waals surface area contributed by atoms with E-state index < -0.39 is 0 Å². The van der Waals surface area contributed by atoms with Crippen LogP contribution in [0, 0.1) is 0 Å². The van der Waals surface area contributed by atoms with Crippen LogP contribution in [0.25, 0.3) is 22.3 Å². The van der Waals surface area contributed by atoms with Gasteiger partial charge in [-0.2, -0.15) is 0 Å². The van der Waals surface area contributed by atoms with Crippen LogP contribution in [-0.4, -0.2) is 44.8 Å². The van der Waals surface area contributed by atoms with Crippen LogP contribution in [0.4, 0.5) is 0 Å². The van der Waals surface area contributed by atoms with Crippen molar-refractivity contribution in [1.29, 1.82) is 0 Å². The molecule has 7 nitrogen and oxygen atoms in total. The van der Waals surface area contributed by atoms with Crippen LogP contribution in [0.5, 0.6) is 0 Å². The van der Waals surface area contributed by atoms with Crippen LogP contribution >= 0.6 is 0 Å². The Kier molecular flexibility index (Phi) is 7.33. The first-order valence-electron chi connectivity index (χ1n) is 13.5. The maximum Gasteiger partial charge on any atom is 0.251 e. The number of benzene rings is 2. The van der Waals surface area contributed by atoms with E-state index in [1.165, 1.54) is 17.2 Å². The van der Waals surface area contributed by atoms with Crippen molar-refractivity contribution in [3.05, 3.63) is 96.0 Å². The quantitative estimate of drug-likeness (QED) is 0.316. The average molecular weight is 522 g/mol. The minimum Gasteiger partial charge on any atom is -0.348 e. The standard InChI is InChI=1S/C32H35N5O2/c1-5-27(38)37-16-14-22(15-17-37)26-19-33-30-28(26)29(35-20-36-30)23-8-6-21(7-9-23)18-34-31(39)24-10-12-25(13-11-24)32(2,3)4/h5-13,19-20,22H,1,14-18H2,2-4H3,(H,34,39)(H,33,35,36). The van der Waals surface area contributed by atoms with Gasteiger partial charge in [-0.15, -0.1) is 0 Å². The van der Waals surface area contributed by atoms with Gasteiger partial charge in [0.1, 0.15) is 12.0 Å². The fraction of sp³-hybridized carbons (Fsp3) is 0.312. The number of fused-ring (bicyclic) bond motifs is 1. The summed E-state index contributed by atoms with van der Waals surface area (Å²) in [5.41, 5.74) is 6.81. The number of rotatable bonds is 6. The molecule has 7 heteroatoms. The molecule has 0 aliphatic carbocycles. The molecule has 3 heterocycles. The Hall–Kier alpha value is -4.26. The number of hydrogen-bond acceptors (Lipinski definition) is 4. The molecule has 0 spiro atoms. The van der Waals surface area contributed by atoms with Crippen molar-refractivity contribution in [3.8, 4) is 11.3 Å². The van der Waals surface area contributed by atoms with Crippen LogP contribution in [0.3, 0.4) is 0 Å². The number of carbonyl (C=O) groups excluding carboxylic acids is 2. The van der Waals surface area contributed by atoms with Crippen LogP contribution in [0.2, 0.25) is 0 Å². The summed E-state index contributed by atoms with van der Waals surface area (Å²) in [5, 5.41) is 4.06. The van der Waals surface area contributed by atoms with E-state index in [-0.39, 0.29) is 17.2 Å². The predicted octanol–water partition coefficient (Wildman–Crippen LogP) is 5.74. The van der Waals surface area contributed by atoms with E-state index in [1.54, 1.807) is 6.33 Å². The molecule has 0 unspecified atom stereocenters. The topological polar surface area (TPSA) is 91.0 Å². The van der Waals surface area contributed by atoms with Crippen molar-refractivity contribution < 1.29 is 9.59 Å². The normalized spacial score (nSPS) is 14.4. The lowest BCUT2D eigenvalue weighted by atomic mass is 9.87. The van der Waals surface area contributed by atoms with Crippen LogP contribution in [0.1, 0.15) is 66.6 Å². The van der Waals surface area contributed by atoms with Gasteiger partial charge >= 0.3 is 0 Å². The summed E-state index contributed by atoms with van der Waals surface area (Å²) < 4.78 is 0. The van der Waals surface area contributed by atoms with E-state index in [2.05, 4.69) is 47.6 Å². The molecule has 1 aliphatic rings. The summed E-state index contributed by atoms with van der Waals surface area (Å²) >= 11 is 0. The highest BCUT2D eigenvalue weighted by Gasteiger charge is 2.26. The van der Waals surface area contributed by atoms with E-state index in [0.717, 1.165) is 40.7 Å². The molecule has 200 valence electrons. The minimum absolute atomic E-state index is 0.00822. The summed E-state index contributed by atoms with van der Waals surface area (Å²) in [6.07, 6.45) is 6.78. The van der Waals surface area contributed by atoms with Gasteiger partial charge in [-0.25, -0.2) is 9.97 Å². The van der Waals surface area contributed by atoms with Crippen molar-refractivity contribution in [3.63, 3.8) is 0 Å². The number of aromatic nitrogens is 3. The third-order valence-corrected chi connectivity index (χ3v) is 7.61. The first kappa shape index (κ1) is 26.4. The number of hydrogen-bond donors (Lipinski definition) is 2. The molecule has 39 heavy (non-hydrogen) atoms. The van der Waals surface area contributed by atoms with Crippen LogP contribution in [0.15, 0.2) is 73.7 Å². The first-order valence-corrected chi connectivity index (χ1v) is 13.5. The lowest BCUT2D eigenvalue weighted by molar-refractivity contribution is -0.127. The molecule has 2 aromatic heterocycles. The van der Waals surface area contributed by atoms with E-state index in [1.807, 2.05) is 59.6 Å². The van der Waals surface area contributed by atoms with Gasteiger partial charge < -0.3 is 15.2 Å². The Morgan fingerprint density at radius 3 is 2.38 bits per heavy atom. The number of amides is 2. The maximum atomic E-state index is 12.7. The number of H-pyrrole nitrogens is 1. The highest BCUT2D eigenvalue weighted by atomic mass is 16.2. The van der Waals surface area contributed by atoms with Crippen LogP contribution in [-0.2, 0) is 16.8 Å². The fourth-order valence-electron chi connectivity index (χ4n) is 5.25. The van der Waals surface area contributed by atoms with Crippen molar-refractivity contribution >= 4 is 22.8 Å². The highest BCUT2D eigenvalue weighted by molar-refractivity contribution is 5.95. The molecule has 2 N–H and O–H groups in total. The largest absolute Gasteiger partial charge is 0.348 e. The van der Waals surface area contributed by atoms with Gasteiger partial charge in [-0.05, 0) is 59.1 Å². The van der Waals surface area contributed by atoms with Gasteiger partial charge in [0, 0.05) is 42.3 Å². The zero-order valence-electron chi connectivity index (χ0n) is 22.8. The van der Waals surface area contributed by atoms with Gasteiger partial charge in [0.2, 0.25) is 5.91 Å². The minimum atomic E-state index is -0.0881. The maximum absolute atomic E-state index is 12.7. The number of aromatic amines is 1. The molecule has 0 saturated carbocycles. The molecule has 1 fully saturated rings.